The van der Waals surface area contributed by atoms with Gasteiger partial charge < -0.3 is 14.6 Å². The molecule has 1 aliphatic heterocycles. The van der Waals surface area contributed by atoms with Crippen molar-refractivity contribution in [1.82, 2.24) is 4.90 Å². The van der Waals surface area contributed by atoms with Crippen molar-refractivity contribution in [3.8, 4) is 0 Å². The van der Waals surface area contributed by atoms with E-state index in [1.54, 1.807) is 0 Å². The topological polar surface area (TPSA) is 76.1 Å². The van der Waals surface area contributed by atoms with Gasteiger partial charge in [0.15, 0.2) is 0 Å². The summed E-state index contributed by atoms with van der Waals surface area (Å²) in [4.78, 5) is 23.7. The minimum atomic E-state index is -1.24. The number of carboxylic acids is 1. The second-order valence-corrected chi connectivity index (χ2v) is 3.65. The zero-order chi connectivity index (χ0) is 11.6. The molecule has 1 unspecified atom stereocenters. The van der Waals surface area contributed by atoms with E-state index in [0.29, 0.717) is 12.8 Å². The number of carbonyl (C=O) groups excluding carboxylic acids is 1. The number of rotatable bonds is 2. The van der Waals surface area contributed by atoms with Gasteiger partial charge in [0, 0.05) is 7.11 Å². The van der Waals surface area contributed by atoms with Crippen LogP contribution < -0.4 is 0 Å². The molecule has 0 aromatic carbocycles. The monoisotopic (exact) mass is 217 g/mol. The predicted octanol–water partition coefficient (Wildman–Crippen LogP) is 0.664. The van der Waals surface area contributed by atoms with Crippen molar-refractivity contribution in [2.45, 2.75) is 31.5 Å². The molecular weight excluding hydrogens is 202 g/mol. The molecule has 1 fully saturated rings. The number of aliphatic carboxylic acids is 1. The van der Waals surface area contributed by atoms with Crippen LogP contribution in [0, 0.1) is 0 Å². The molecule has 0 saturated carbocycles. The van der Waals surface area contributed by atoms with Crippen molar-refractivity contribution < 1.29 is 24.2 Å². The van der Waals surface area contributed by atoms with Gasteiger partial charge in [-0.05, 0) is 19.8 Å². The van der Waals surface area contributed by atoms with E-state index in [4.69, 9.17) is 9.84 Å². The van der Waals surface area contributed by atoms with Gasteiger partial charge in [0.25, 0.3) is 0 Å². The lowest BCUT2D eigenvalue weighted by Gasteiger charge is -2.32. The molecule has 6 heteroatoms. The van der Waals surface area contributed by atoms with Crippen LogP contribution in [0.1, 0.15) is 19.8 Å². The highest BCUT2D eigenvalue weighted by Gasteiger charge is 2.52. The van der Waals surface area contributed by atoms with Crippen LogP contribution in [0.4, 0.5) is 4.79 Å². The Balaban J connectivity index is 3.00. The summed E-state index contributed by atoms with van der Waals surface area (Å²) in [6.45, 7) is 1.49. The standard InChI is InChI=1S/C9H15NO5/c1-9(7(11)12)5-4-6(14-2)10(9)8(13)15-3/h6H,4-5H2,1-3H3,(H,11,12)/t6?,9-/m0/s1. The first-order valence-corrected chi connectivity index (χ1v) is 4.61. The maximum atomic E-state index is 11.5. The fourth-order valence-corrected chi connectivity index (χ4v) is 1.82. The Morgan fingerprint density at radius 2 is 2.07 bits per heavy atom. The Kier molecular flexibility index (Phi) is 3.18. The Bertz CT molecular complexity index is 280. The largest absolute Gasteiger partial charge is 0.480 e. The van der Waals surface area contributed by atoms with Crippen LogP contribution in [-0.4, -0.2) is 48.1 Å². The van der Waals surface area contributed by atoms with Gasteiger partial charge in [-0.25, -0.2) is 9.59 Å². The normalized spacial score (nSPS) is 30.3. The molecule has 0 aliphatic carbocycles. The first-order chi connectivity index (χ1) is 6.97. The maximum Gasteiger partial charge on any atom is 0.412 e. The fraction of sp³-hybridized carbons (Fsp3) is 0.778. The number of methoxy groups -OCH3 is 2. The molecule has 1 saturated heterocycles. The summed E-state index contributed by atoms with van der Waals surface area (Å²) in [6.07, 6.45) is -0.354. The van der Waals surface area contributed by atoms with Crippen molar-refractivity contribution >= 4 is 12.1 Å². The van der Waals surface area contributed by atoms with Crippen molar-refractivity contribution in [2.24, 2.45) is 0 Å². The number of hydrogen-bond donors (Lipinski definition) is 1. The van der Waals surface area contributed by atoms with Gasteiger partial charge in [-0.3, -0.25) is 4.90 Å². The maximum absolute atomic E-state index is 11.5. The van der Waals surface area contributed by atoms with E-state index >= 15 is 0 Å². The van der Waals surface area contributed by atoms with Crippen LogP contribution in [0.15, 0.2) is 0 Å². The molecule has 1 rings (SSSR count). The molecule has 0 aromatic rings. The lowest BCUT2D eigenvalue weighted by atomic mass is 10.00. The molecule has 1 aliphatic rings. The fourth-order valence-electron chi connectivity index (χ4n) is 1.82. The van der Waals surface area contributed by atoms with Crippen molar-refractivity contribution in [2.75, 3.05) is 14.2 Å². The molecule has 0 aromatic heterocycles. The van der Waals surface area contributed by atoms with E-state index in [9.17, 15) is 9.59 Å². The average molecular weight is 217 g/mol. The van der Waals surface area contributed by atoms with E-state index in [1.165, 1.54) is 21.1 Å². The van der Waals surface area contributed by atoms with E-state index in [2.05, 4.69) is 4.74 Å². The third-order valence-corrected chi connectivity index (χ3v) is 2.80. The molecule has 15 heavy (non-hydrogen) atoms. The summed E-state index contributed by atoms with van der Waals surface area (Å²) >= 11 is 0. The molecule has 0 bridgehead atoms. The Morgan fingerprint density at radius 3 is 2.47 bits per heavy atom. The van der Waals surface area contributed by atoms with Crippen LogP contribution >= 0.6 is 0 Å². The molecule has 0 radical (unpaired) electrons. The van der Waals surface area contributed by atoms with Gasteiger partial charge >= 0.3 is 12.1 Å². The summed E-state index contributed by atoms with van der Waals surface area (Å²) in [5.74, 6) is -1.05. The van der Waals surface area contributed by atoms with Gasteiger partial charge in [0.2, 0.25) is 0 Å². The lowest BCUT2D eigenvalue weighted by molar-refractivity contribution is -0.151. The second-order valence-electron chi connectivity index (χ2n) is 3.65. The molecule has 86 valence electrons. The second kappa shape index (κ2) is 4.06. The van der Waals surface area contributed by atoms with Crippen LogP contribution in [0.25, 0.3) is 0 Å². The smallest absolute Gasteiger partial charge is 0.412 e. The van der Waals surface area contributed by atoms with Crippen molar-refractivity contribution in [1.29, 1.82) is 0 Å². The molecule has 2 atom stereocenters. The van der Waals surface area contributed by atoms with Crippen molar-refractivity contribution in [3.05, 3.63) is 0 Å². The number of ether oxygens (including phenoxy) is 2. The molecular formula is C9H15NO5. The average Bonchev–Trinajstić information content (AvgIpc) is 2.56. The summed E-state index contributed by atoms with van der Waals surface area (Å²) < 4.78 is 9.61. The lowest BCUT2D eigenvalue weighted by Crippen LogP contribution is -2.54. The number of carbonyl (C=O) groups is 2. The van der Waals surface area contributed by atoms with Gasteiger partial charge in [-0.2, -0.15) is 0 Å². The number of amides is 1. The highest BCUT2D eigenvalue weighted by molar-refractivity contribution is 5.84. The first kappa shape index (κ1) is 11.8. The number of carboxylic acid groups (broad SMARTS) is 1. The van der Waals surface area contributed by atoms with E-state index in [1.807, 2.05) is 0 Å². The zero-order valence-corrected chi connectivity index (χ0v) is 9.02. The van der Waals surface area contributed by atoms with Gasteiger partial charge in [-0.1, -0.05) is 0 Å². The van der Waals surface area contributed by atoms with E-state index < -0.39 is 23.8 Å². The Morgan fingerprint density at radius 1 is 1.47 bits per heavy atom. The minimum Gasteiger partial charge on any atom is -0.480 e. The van der Waals surface area contributed by atoms with Gasteiger partial charge in [0.1, 0.15) is 11.8 Å². The molecule has 1 heterocycles. The zero-order valence-electron chi connectivity index (χ0n) is 9.02. The summed E-state index contributed by atoms with van der Waals surface area (Å²) in [5, 5.41) is 9.10. The van der Waals surface area contributed by atoms with Crippen LogP contribution in [0.2, 0.25) is 0 Å². The van der Waals surface area contributed by atoms with Gasteiger partial charge in [0.05, 0.1) is 7.11 Å². The third kappa shape index (κ3) is 1.77. The quantitative estimate of drug-likeness (QED) is 0.735. The number of nitrogens with zero attached hydrogens (tertiary/aromatic N) is 1. The number of hydrogen-bond acceptors (Lipinski definition) is 4. The van der Waals surface area contributed by atoms with Crippen LogP contribution in [-0.2, 0) is 14.3 Å². The molecule has 0 spiro atoms. The number of likely N-dealkylation sites (tertiary alicyclic amines) is 1. The van der Waals surface area contributed by atoms with Crippen LogP contribution in [0.3, 0.4) is 0 Å². The highest BCUT2D eigenvalue weighted by Crippen LogP contribution is 2.34. The molecule has 6 nitrogen and oxygen atoms in total. The predicted molar refractivity (Wildman–Crippen MR) is 50.3 cm³/mol. The van der Waals surface area contributed by atoms with E-state index in [-0.39, 0.29) is 0 Å². The van der Waals surface area contributed by atoms with Crippen molar-refractivity contribution in [3.63, 3.8) is 0 Å². The molecule has 1 N–H and O–H groups in total. The van der Waals surface area contributed by atoms with E-state index in [0.717, 1.165) is 4.90 Å². The first-order valence-electron chi connectivity index (χ1n) is 4.61. The summed E-state index contributed by atoms with van der Waals surface area (Å²) in [7, 11) is 2.66. The minimum absolute atomic E-state index is 0.357. The Labute approximate surface area is 87.8 Å². The Hall–Kier alpha value is -1.30. The summed E-state index contributed by atoms with van der Waals surface area (Å²) in [5.41, 5.74) is -1.24. The highest BCUT2D eigenvalue weighted by atomic mass is 16.6. The SMILES string of the molecule is COC(=O)N1C(OC)CC[C@@]1(C)C(=O)O. The van der Waals surface area contributed by atoms with Gasteiger partial charge in [-0.15, -0.1) is 0 Å². The molecule has 1 amide bonds. The summed E-state index contributed by atoms with van der Waals surface area (Å²) in [6, 6.07) is 0. The van der Waals surface area contributed by atoms with Crippen LogP contribution in [0.5, 0.6) is 0 Å². The third-order valence-electron chi connectivity index (χ3n) is 2.80.